The van der Waals surface area contributed by atoms with Gasteiger partial charge in [0.15, 0.2) is 0 Å². The molecule has 0 fully saturated rings. The maximum Gasteiger partial charge on any atom is 0.118 e. The van der Waals surface area contributed by atoms with Crippen LogP contribution in [0, 0.1) is 0 Å². The van der Waals surface area contributed by atoms with Crippen molar-refractivity contribution in [3.63, 3.8) is 0 Å². The van der Waals surface area contributed by atoms with Crippen LogP contribution in [0.15, 0.2) is 29.4 Å². The minimum absolute atomic E-state index is 0.857. The summed E-state index contributed by atoms with van der Waals surface area (Å²) in [6.45, 7) is 12.8. The lowest BCUT2D eigenvalue weighted by Crippen LogP contribution is -2.22. The van der Waals surface area contributed by atoms with Gasteiger partial charge in [0.25, 0.3) is 0 Å². The molecular formula is C14H24N2O. The molecule has 17 heavy (non-hydrogen) atoms. The zero-order valence-corrected chi connectivity index (χ0v) is 11.0. The summed E-state index contributed by atoms with van der Waals surface area (Å²) >= 11 is 0. The predicted octanol–water partition coefficient (Wildman–Crippen LogP) is 2.79. The van der Waals surface area contributed by atoms with Crippen LogP contribution in [0.3, 0.4) is 0 Å². The maximum absolute atomic E-state index is 5.56. The van der Waals surface area contributed by atoms with Crippen LogP contribution < -0.4 is 5.32 Å². The molecular weight excluding hydrogens is 212 g/mol. The highest BCUT2D eigenvalue weighted by atomic mass is 16.3. The van der Waals surface area contributed by atoms with Crippen LogP contribution in [0.5, 0.6) is 0 Å². The molecule has 3 heteroatoms. The Bertz CT molecular complexity index is 320. The van der Waals surface area contributed by atoms with Gasteiger partial charge in [0.1, 0.15) is 5.76 Å². The van der Waals surface area contributed by atoms with Crippen LogP contribution in [-0.4, -0.2) is 24.5 Å². The SMILES string of the molecule is C=CCN(CC)Cc1cc(CNCCC)co1. The van der Waals surface area contributed by atoms with Gasteiger partial charge in [-0.2, -0.15) is 0 Å². The predicted molar refractivity (Wildman–Crippen MR) is 71.9 cm³/mol. The van der Waals surface area contributed by atoms with Crippen LogP contribution in [0.25, 0.3) is 0 Å². The molecule has 0 amide bonds. The Morgan fingerprint density at radius 3 is 2.94 bits per heavy atom. The number of nitrogens with one attached hydrogen (secondary N) is 1. The highest BCUT2D eigenvalue weighted by Gasteiger charge is 2.06. The molecule has 3 nitrogen and oxygen atoms in total. The highest BCUT2D eigenvalue weighted by molar-refractivity contribution is 5.12. The van der Waals surface area contributed by atoms with Crippen LogP contribution in [0.2, 0.25) is 0 Å². The zero-order chi connectivity index (χ0) is 12.5. The summed E-state index contributed by atoms with van der Waals surface area (Å²) in [5, 5.41) is 3.37. The molecule has 1 rings (SSSR count). The third kappa shape index (κ3) is 5.20. The Hall–Kier alpha value is -1.06. The molecule has 0 saturated heterocycles. The van der Waals surface area contributed by atoms with Crippen LogP contribution >= 0.6 is 0 Å². The largest absolute Gasteiger partial charge is 0.468 e. The van der Waals surface area contributed by atoms with Crippen molar-refractivity contribution >= 4 is 0 Å². The fourth-order valence-corrected chi connectivity index (χ4v) is 1.72. The summed E-state index contributed by atoms with van der Waals surface area (Å²) in [5.41, 5.74) is 1.23. The average Bonchev–Trinajstić information content (AvgIpc) is 2.77. The van der Waals surface area contributed by atoms with Crippen molar-refractivity contribution in [2.24, 2.45) is 0 Å². The van der Waals surface area contributed by atoms with Gasteiger partial charge in [0, 0.05) is 18.7 Å². The Morgan fingerprint density at radius 2 is 2.29 bits per heavy atom. The van der Waals surface area contributed by atoms with E-state index in [1.807, 2.05) is 12.3 Å². The van der Waals surface area contributed by atoms with Crippen molar-refractivity contribution in [2.75, 3.05) is 19.6 Å². The number of likely N-dealkylation sites (N-methyl/N-ethyl adjacent to an activating group) is 1. The topological polar surface area (TPSA) is 28.4 Å². The zero-order valence-electron chi connectivity index (χ0n) is 11.0. The van der Waals surface area contributed by atoms with Crippen LogP contribution in [-0.2, 0) is 13.1 Å². The smallest absolute Gasteiger partial charge is 0.118 e. The van der Waals surface area contributed by atoms with Crippen LogP contribution in [0.4, 0.5) is 0 Å². The number of furan rings is 1. The molecule has 0 saturated carbocycles. The van der Waals surface area contributed by atoms with E-state index in [4.69, 9.17) is 4.42 Å². The summed E-state index contributed by atoms with van der Waals surface area (Å²) in [7, 11) is 0. The summed E-state index contributed by atoms with van der Waals surface area (Å²) in [6, 6.07) is 2.13. The van der Waals surface area contributed by atoms with Crippen molar-refractivity contribution < 1.29 is 4.42 Å². The average molecular weight is 236 g/mol. The molecule has 1 heterocycles. The molecule has 1 N–H and O–H groups in total. The fourth-order valence-electron chi connectivity index (χ4n) is 1.72. The van der Waals surface area contributed by atoms with Gasteiger partial charge < -0.3 is 9.73 Å². The monoisotopic (exact) mass is 236 g/mol. The number of hydrogen-bond acceptors (Lipinski definition) is 3. The first-order valence-corrected chi connectivity index (χ1v) is 6.40. The molecule has 1 aromatic heterocycles. The summed E-state index contributed by atoms with van der Waals surface area (Å²) in [4.78, 5) is 2.29. The van der Waals surface area contributed by atoms with E-state index in [-0.39, 0.29) is 0 Å². The number of rotatable bonds is 9. The normalized spacial score (nSPS) is 11.0. The molecule has 0 aliphatic carbocycles. The minimum Gasteiger partial charge on any atom is -0.468 e. The van der Waals surface area contributed by atoms with Crippen molar-refractivity contribution in [3.8, 4) is 0 Å². The molecule has 1 aromatic rings. The second-order valence-corrected chi connectivity index (χ2v) is 4.21. The molecule has 0 spiro atoms. The molecule has 0 aromatic carbocycles. The summed E-state index contributed by atoms with van der Waals surface area (Å²) in [5.74, 6) is 1.03. The van der Waals surface area contributed by atoms with Crippen molar-refractivity contribution in [1.82, 2.24) is 10.2 Å². The molecule has 0 radical (unpaired) electrons. The number of hydrogen-bond donors (Lipinski definition) is 1. The van der Waals surface area contributed by atoms with Crippen LogP contribution in [0.1, 0.15) is 31.6 Å². The van der Waals surface area contributed by atoms with Crippen molar-refractivity contribution in [3.05, 3.63) is 36.3 Å². The molecule has 0 atom stereocenters. The van der Waals surface area contributed by atoms with E-state index in [9.17, 15) is 0 Å². The van der Waals surface area contributed by atoms with Crippen molar-refractivity contribution in [2.45, 2.75) is 33.4 Å². The molecule has 0 aliphatic rings. The molecule has 0 unspecified atom stereocenters. The maximum atomic E-state index is 5.56. The standard InChI is InChI=1S/C14H24N2O/c1-4-7-15-10-13-9-14(17-12-13)11-16(6-3)8-5-2/h5,9,12,15H,2,4,6-8,10-11H2,1,3H3. The first-order valence-electron chi connectivity index (χ1n) is 6.40. The first kappa shape index (κ1) is 14.0. The van der Waals surface area contributed by atoms with E-state index in [1.165, 1.54) is 5.56 Å². The fraction of sp³-hybridized carbons (Fsp3) is 0.571. The Kier molecular flexibility index (Phi) is 6.67. The van der Waals surface area contributed by atoms with Gasteiger partial charge in [0.2, 0.25) is 0 Å². The van der Waals surface area contributed by atoms with E-state index in [0.29, 0.717) is 0 Å². The highest BCUT2D eigenvalue weighted by Crippen LogP contribution is 2.10. The van der Waals surface area contributed by atoms with Gasteiger partial charge >= 0.3 is 0 Å². The third-order valence-corrected chi connectivity index (χ3v) is 2.68. The van der Waals surface area contributed by atoms with Gasteiger partial charge in [-0.1, -0.05) is 19.9 Å². The van der Waals surface area contributed by atoms with E-state index >= 15 is 0 Å². The first-order chi connectivity index (χ1) is 8.30. The molecule has 0 bridgehead atoms. The van der Waals surface area contributed by atoms with Gasteiger partial charge in [-0.05, 0) is 25.6 Å². The quantitative estimate of drug-likeness (QED) is 0.528. The second-order valence-electron chi connectivity index (χ2n) is 4.21. The van der Waals surface area contributed by atoms with E-state index < -0.39 is 0 Å². The number of nitrogens with zero attached hydrogens (tertiary/aromatic N) is 1. The third-order valence-electron chi connectivity index (χ3n) is 2.68. The summed E-state index contributed by atoms with van der Waals surface area (Å²) < 4.78 is 5.56. The Balaban J connectivity index is 2.41. The van der Waals surface area contributed by atoms with Gasteiger partial charge in [-0.3, -0.25) is 4.90 Å². The minimum atomic E-state index is 0.857. The molecule has 0 aliphatic heterocycles. The van der Waals surface area contributed by atoms with Gasteiger partial charge in [0.05, 0.1) is 12.8 Å². The van der Waals surface area contributed by atoms with E-state index in [1.54, 1.807) is 0 Å². The lowest BCUT2D eigenvalue weighted by Gasteiger charge is -2.16. The van der Waals surface area contributed by atoms with Crippen molar-refractivity contribution in [1.29, 1.82) is 0 Å². The Morgan fingerprint density at radius 1 is 1.47 bits per heavy atom. The molecule has 96 valence electrons. The Labute approximate surface area is 104 Å². The second kappa shape index (κ2) is 8.09. The lowest BCUT2D eigenvalue weighted by molar-refractivity contribution is 0.281. The van der Waals surface area contributed by atoms with Gasteiger partial charge in [-0.15, -0.1) is 6.58 Å². The lowest BCUT2D eigenvalue weighted by atomic mass is 10.3. The van der Waals surface area contributed by atoms with E-state index in [0.717, 1.165) is 44.9 Å². The van der Waals surface area contributed by atoms with E-state index in [2.05, 4.69) is 36.7 Å². The summed E-state index contributed by atoms with van der Waals surface area (Å²) in [6.07, 6.45) is 4.93. The van der Waals surface area contributed by atoms with Gasteiger partial charge in [-0.25, -0.2) is 0 Å².